The van der Waals surface area contributed by atoms with Gasteiger partial charge >= 0.3 is 5.97 Å². The number of carboxylic acid groups (broad SMARTS) is 1. The van der Waals surface area contributed by atoms with E-state index in [1.165, 1.54) is 34.5 Å². The summed E-state index contributed by atoms with van der Waals surface area (Å²) in [5.74, 6) is -1.04. The van der Waals surface area contributed by atoms with Crippen molar-refractivity contribution in [1.29, 1.82) is 0 Å². The van der Waals surface area contributed by atoms with Gasteiger partial charge in [-0.1, -0.05) is 60.7 Å². The van der Waals surface area contributed by atoms with Crippen LogP contribution < -0.4 is 10.1 Å². The molecule has 1 aliphatic rings. The van der Waals surface area contributed by atoms with Gasteiger partial charge in [-0.3, -0.25) is 0 Å². The van der Waals surface area contributed by atoms with Crippen LogP contribution in [0, 0.1) is 5.82 Å². The molecular weight excluding hydrogens is 465 g/mol. The van der Waals surface area contributed by atoms with Gasteiger partial charge in [0, 0.05) is 24.1 Å². The summed E-state index contributed by atoms with van der Waals surface area (Å²) in [6.07, 6.45) is 0.358. The lowest BCUT2D eigenvalue weighted by atomic mass is 9.83. The van der Waals surface area contributed by atoms with Gasteiger partial charge in [-0.25, -0.2) is 9.18 Å². The third-order valence-corrected chi connectivity index (χ3v) is 6.65. The second-order valence-electron chi connectivity index (χ2n) is 8.81. The summed E-state index contributed by atoms with van der Waals surface area (Å²) in [6, 6.07) is 26.3. The molecule has 1 unspecified atom stereocenters. The zero-order chi connectivity index (χ0) is 23.7. The molecule has 4 aromatic rings. The van der Waals surface area contributed by atoms with Crippen molar-refractivity contribution in [2.24, 2.45) is 0 Å². The lowest BCUT2D eigenvalue weighted by Crippen LogP contribution is -2.37. The Hall–Kier alpha value is -3.41. The number of rotatable bonds is 6. The third kappa shape index (κ3) is 5.02. The quantitative estimate of drug-likeness (QED) is 0.314. The monoisotopic (exact) mass is 491 g/mol. The second-order valence-corrected chi connectivity index (χ2v) is 8.81. The zero-order valence-corrected chi connectivity index (χ0v) is 20.1. The maximum Gasteiger partial charge on any atom is 0.335 e. The standard InChI is InChI=1S/C29H26FNO3.ClH/c1-18(22-11-6-8-19-7-2-3-9-23(19)22)31-17-21-16-25(24-10-4-5-12-28(24)34-21)26-15-20(29(32)33)13-14-27(26)30;/h2-15,18,21,25,31H,16-17H2,1H3,(H,32,33);1H/t18?,21-,25-;/m1./s1. The summed E-state index contributed by atoms with van der Waals surface area (Å²) >= 11 is 0. The minimum atomic E-state index is -1.07. The first-order valence-corrected chi connectivity index (χ1v) is 11.5. The van der Waals surface area contributed by atoms with Crippen LogP contribution in [0.1, 0.15) is 52.4 Å². The molecule has 1 heterocycles. The summed E-state index contributed by atoms with van der Waals surface area (Å²) in [5, 5.41) is 15.4. The molecule has 5 rings (SSSR count). The average molecular weight is 492 g/mol. The lowest BCUT2D eigenvalue weighted by molar-refractivity contribution is 0.0696. The van der Waals surface area contributed by atoms with E-state index >= 15 is 0 Å². The molecule has 180 valence electrons. The summed E-state index contributed by atoms with van der Waals surface area (Å²) < 4.78 is 21.1. The maximum absolute atomic E-state index is 14.9. The van der Waals surface area contributed by atoms with Gasteiger partial charge in [0.2, 0.25) is 0 Å². The first-order valence-electron chi connectivity index (χ1n) is 11.5. The first kappa shape index (κ1) is 24.7. The molecule has 0 fully saturated rings. The number of hydrogen-bond acceptors (Lipinski definition) is 3. The van der Waals surface area contributed by atoms with Crippen LogP contribution in [0.3, 0.4) is 0 Å². The molecule has 2 N–H and O–H groups in total. The summed E-state index contributed by atoms with van der Waals surface area (Å²) in [4.78, 5) is 11.5. The van der Waals surface area contributed by atoms with Crippen molar-refractivity contribution in [1.82, 2.24) is 5.32 Å². The number of nitrogens with one attached hydrogen (secondary N) is 1. The van der Waals surface area contributed by atoms with Gasteiger partial charge in [0.25, 0.3) is 0 Å². The van der Waals surface area contributed by atoms with Crippen molar-refractivity contribution in [2.75, 3.05) is 6.54 Å². The topological polar surface area (TPSA) is 58.6 Å². The van der Waals surface area contributed by atoms with E-state index < -0.39 is 11.8 Å². The third-order valence-electron chi connectivity index (χ3n) is 6.65. The van der Waals surface area contributed by atoms with E-state index in [0.29, 0.717) is 24.3 Å². The minimum Gasteiger partial charge on any atom is -0.489 e. The number of aromatic carboxylic acids is 1. The molecule has 1 aliphatic heterocycles. The fraction of sp³-hybridized carbons (Fsp3) is 0.207. The number of carboxylic acids is 1. The second kappa shape index (κ2) is 10.5. The average Bonchev–Trinajstić information content (AvgIpc) is 2.86. The number of benzene rings is 4. The summed E-state index contributed by atoms with van der Waals surface area (Å²) in [7, 11) is 0. The van der Waals surface area contributed by atoms with Crippen LogP contribution in [0.15, 0.2) is 84.9 Å². The summed E-state index contributed by atoms with van der Waals surface area (Å²) in [6.45, 7) is 2.71. The van der Waals surface area contributed by atoms with E-state index in [-0.39, 0.29) is 36.0 Å². The minimum absolute atomic E-state index is 0. The highest BCUT2D eigenvalue weighted by Gasteiger charge is 2.31. The van der Waals surface area contributed by atoms with E-state index in [1.54, 1.807) is 0 Å². The van der Waals surface area contributed by atoms with Gasteiger partial charge in [0.05, 0.1) is 5.56 Å². The van der Waals surface area contributed by atoms with Crippen molar-refractivity contribution in [3.05, 3.63) is 113 Å². The van der Waals surface area contributed by atoms with Crippen LogP contribution in [0.5, 0.6) is 5.75 Å². The Bertz CT molecular complexity index is 1350. The van der Waals surface area contributed by atoms with E-state index in [1.807, 2.05) is 36.4 Å². The Morgan fingerprint density at radius 3 is 2.60 bits per heavy atom. The number of halogens is 2. The Labute approximate surface area is 210 Å². The highest BCUT2D eigenvalue weighted by Crippen LogP contribution is 2.41. The van der Waals surface area contributed by atoms with Crippen molar-refractivity contribution in [3.63, 3.8) is 0 Å². The van der Waals surface area contributed by atoms with Crippen LogP contribution in [-0.2, 0) is 0 Å². The highest BCUT2D eigenvalue weighted by molar-refractivity contribution is 5.88. The van der Waals surface area contributed by atoms with E-state index in [0.717, 1.165) is 5.56 Å². The number of carbonyl (C=O) groups is 1. The van der Waals surface area contributed by atoms with Crippen molar-refractivity contribution in [2.45, 2.75) is 31.4 Å². The molecule has 0 saturated carbocycles. The molecule has 0 saturated heterocycles. The maximum atomic E-state index is 14.9. The highest BCUT2D eigenvalue weighted by atomic mass is 35.5. The van der Waals surface area contributed by atoms with E-state index in [4.69, 9.17) is 4.74 Å². The largest absolute Gasteiger partial charge is 0.489 e. The van der Waals surface area contributed by atoms with Crippen LogP contribution in [0.2, 0.25) is 0 Å². The van der Waals surface area contributed by atoms with E-state index in [2.05, 4.69) is 42.6 Å². The molecule has 3 atom stereocenters. The van der Waals surface area contributed by atoms with Crippen LogP contribution in [0.4, 0.5) is 4.39 Å². The summed E-state index contributed by atoms with van der Waals surface area (Å²) in [5.41, 5.74) is 2.57. The Morgan fingerprint density at radius 1 is 1.03 bits per heavy atom. The Balaban J connectivity index is 0.00000289. The Morgan fingerprint density at radius 2 is 1.77 bits per heavy atom. The smallest absolute Gasteiger partial charge is 0.335 e. The number of ether oxygens (including phenoxy) is 1. The van der Waals surface area contributed by atoms with Crippen LogP contribution >= 0.6 is 12.4 Å². The molecule has 0 aliphatic carbocycles. The predicted octanol–water partition coefficient (Wildman–Crippen LogP) is 6.73. The number of hydrogen-bond donors (Lipinski definition) is 2. The molecule has 0 aromatic heterocycles. The SMILES string of the molecule is CC(NC[C@H]1C[C@@H](c2cc(C(=O)O)ccc2F)c2ccccc2O1)c1cccc2ccccc12.Cl. The molecule has 0 radical (unpaired) electrons. The van der Waals surface area contributed by atoms with E-state index in [9.17, 15) is 14.3 Å². The molecule has 4 aromatic carbocycles. The molecule has 0 amide bonds. The van der Waals surface area contributed by atoms with Gasteiger partial charge < -0.3 is 15.2 Å². The molecule has 6 heteroatoms. The van der Waals surface area contributed by atoms with Gasteiger partial charge in [0.1, 0.15) is 17.7 Å². The van der Waals surface area contributed by atoms with Crippen LogP contribution in [-0.4, -0.2) is 23.7 Å². The molecule has 0 spiro atoms. The number of para-hydroxylation sites is 1. The molecule has 4 nitrogen and oxygen atoms in total. The lowest BCUT2D eigenvalue weighted by Gasteiger charge is -2.33. The first-order chi connectivity index (χ1) is 16.5. The fourth-order valence-corrected chi connectivity index (χ4v) is 4.90. The number of fused-ring (bicyclic) bond motifs is 2. The normalized spacial score (nSPS) is 17.7. The van der Waals surface area contributed by atoms with Crippen LogP contribution in [0.25, 0.3) is 10.8 Å². The van der Waals surface area contributed by atoms with Crippen molar-refractivity contribution >= 4 is 29.1 Å². The predicted molar refractivity (Wildman–Crippen MR) is 138 cm³/mol. The van der Waals surface area contributed by atoms with Gasteiger partial charge in [-0.05, 0) is 59.5 Å². The molecule has 35 heavy (non-hydrogen) atoms. The zero-order valence-electron chi connectivity index (χ0n) is 19.3. The fourth-order valence-electron chi connectivity index (χ4n) is 4.90. The molecule has 0 bridgehead atoms. The molecular formula is C29H27ClFNO3. The van der Waals surface area contributed by atoms with Crippen molar-refractivity contribution < 1.29 is 19.0 Å². The van der Waals surface area contributed by atoms with Gasteiger partial charge in [-0.15, -0.1) is 12.4 Å². The van der Waals surface area contributed by atoms with Crippen molar-refractivity contribution in [3.8, 4) is 5.75 Å². The van der Waals surface area contributed by atoms with Gasteiger partial charge in [-0.2, -0.15) is 0 Å². The Kier molecular flexibility index (Phi) is 7.39. The van der Waals surface area contributed by atoms with Gasteiger partial charge in [0.15, 0.2) is 0 Å².